The topological polar surface area (TPSA) is 66.0 Å². The quantitative estimate of drug-likeness (QED) is 0.840. The number of ether oxygens (including phenoxy) is 2. The Kier molecular flexibility index (Phi) is 3.67. The lowest BCUT2D eigenvalue weighted by Crippen LogP contribution is -2.30. The average molecular weight is 317 g/mol. The third kappa shape index (κ3) is 2.42. The van der Waals surface area contributed by atoms with E-state index in [0.717, 1.165) is 4.88 Å². The van der Waals surface area contributed by atoms with Gasteiger partial charge in [0.05, 0.1) is 0 Å². The first-order chi connectivity index (χ1) is 10.2. The smallest absolute Gasteiger partial charge is 0.275 e. The third-order valence-electron chi connectivity index (χ3n) is 3.20. The Hall–Kier alpha value is -1.89. The van der Waals surface area contributed by atoms with Gasteiger partial charge in [-0.3, -0.25) is 0 Å². The van der Waals surface area contributed by atoms with Crippen LogP contribution in [0.1, 0.15) is 22.8 Å². The van der Waals surface area contributed by atoms with Gasteiger partial charge in [-0.25, -0.2) is 0 Å². The monoisotopic (exact) mass is 316 g/mol. The second-order valence-corrected chi connectivity index (χ2v) is 5.91. The molecule has 1 saturated heterocycles. The van der Waals surface area contributed by atoms with Gasteiger partial charge in [0.15, 0.2) is 12.4 Å². The summed E-state index contributed by atoms with van der Waals surface area (Å²) in [5.41, 5.74) is -0.928. The van der Waals surface area contributed by atoms with Crippen LogP contribution in [0.25, 0.3) is 0 Å². The van der Waals surface area contributed by atoms with Crippen LogP contribution >= 0.6 is 22.9 Å². The largest absolute Gasteiger partial charge is 0.334 e. The molecule has 0 unspecified atom stereocenters. The van der Waals surface area contributed by atoms with Gasteiger partial charge in [-0.1, -0.05) is 29.8 Å². The Morgan fingerprint density at radius 1 is 1.14 bits per heavy atom. The van der Waals surface area contributed by atoms with Crippen LogP contribution in [-0.2, 0) is 9.47 Å². The van der Waals surface area contributed by atoms with E-state index in [-0.39, 0.29) is 0 Å². The Morgan fingerprint density at radius 2 is 1.86 bits per heavy atom. The van der Waals surface area contributed by atoms with E-state index in [0.29, 0.717) is 10.6 Å². The first-order valence-corrected chi connectivity index (χ1v) is 7.39. The molecular formula is C15H9ClN2O2S. The highest BCUT2D eigenvalue weighted by atomic mass is 35.5. The number of nitrogens with zero attached hydrogens (tertiary/aromatic N) is 2. The molecule has 1 fully saturated rings. The lowest BCUT2D eigenvalue weighted by molar-refractivity contribution is -0.0715. The van der Waals surface area contributed by atoms with Gasteiger partial charge in [-0.15, -0.1) is 11.3 Å². The number of benzene rings is 1. The van der Waals surface area contributed by atoms with E-state index in [1.165, 1.54) is 11.3 Å². The summed E-state index contributed by atoms with van der Waals surface area (Å²) >= 11 is 7.28. The van der Waals surface area contributed by atoms with Crippen LogP contribution in [0.2, 0.25) is 5.02 Å². The summed E-state index contributed by atoms with van der Waals surface area (Å²) in [6.07, 6.45) is -1.50. The van der Waals surface area contributed by atoms with E-state index < -0.39 is 18.0 Å². The van der Waals surface area contributed by atoms with Crippen LogP contribution in [0.5, 0.6) is 0 Å². The summed E-state index contributed by atoms with van der Waals surface area (Å²) in [5.74, 6) is 0. The van der Waals surface area contributed by atoms with Crippen molar-refractivity contribution in [2.45, 2.75) is 18.0 Å². The Labute approximate surface area is 130 Å². The molecule has 4 nitrogen and oxygen atoms in total. The maximum atomic E-state index is 9.40. The molecule has 2 heterocycles. The SMILES string of the molecule is N#CC1(C#N)O[C@@H](c2ccc(Cl)cc2)O[C@H]1c1cccs1. The van der Waals surface area contributed by atoms with Crippen molar-refractivity contribution in [3.8, 4) is 12.1 Å². The van der Waals surface area contributed by atoms with E-state index in [1.807, 2.05) is 29.7 Å². The summed E-state index contributed by atoms with van der Waals surface area (Å²) in [6, 6.07) is 14.5. The zero-order valence-electron chi connectivity index (χ0n) is 10.7. The first-order valence-electron chi connectivity index (χ1n) is 6.13. The number of thiophene rings is 1. The molecule has 0 radical (unpaired) electrons. The molecule has 1 aromatic carbocycles. The van der Waals surface area contributed by atoms with Crippen LogP contribution in [0, 0.1) is 22.7 Å². The fourth-order valence-electron chi connectivity index (χ4n) is 2.15. The van der Waals surface area contributed by atoms with Crippen molar-refractivity contribution in [2.24, 2.45) is 0 Å². The molecule has 1 aromatic heterocycles. The van der Waals surface area contributed by atoms with Gasteiger partial charge >= 0.3 is 0 Å². The minimum atomic E-state index is -1.64. The van der Waals surface area contributed by atoms with Crippen LogP contribution < -0.4 is 0 Å². The molecule has 1 aliphatic heterocycles. The number of hydrogen-bond acceptors (Lipinski definition) is 5. The summed E-state index contributed by atoms with van der Waals surface area (Å²) < 4.78 is 11.5. The normalized spacial score (nSPS) is 23.4. The first kappa shape index (κ1) is 14.1. The molecule has 0 aliphatic carbocycles. The Bertz CT molecular complexity index is 702. The average Bonchev–Trinajstić information content (AvgIpc) is 3.15. The molecule has 6 heteroatoms. The molecule has 0 amide bonds. The summed E-state index contributed by atoms with van der Waals surface area (Å²) in [7, 11) is 0. The van der Waals surface area contributed by atoms with E-state index in [2.05, 4.69) is 0 Å². The van der Waals surface area contributed by atoms with E-state index in [9.17, 15) is 10.5 Å². The molecule has 0 saturated carbocycles. The molecular weight excluding hydrogens is 308 g/mol. The maximum Gasteiger partial charge on any atom is 0.275 e. The van der Waals surface area contributed by atoms with Crippen molar-refractivity contribution in [3.05, 3.63) is 57.2 Å². The van der Waals surface area contributed by atoms with Crippen molar-refractivity contribution in [3.63, 3.8) is 0 Å². The van der Waals surface area contributed by atoms with Crippen molar-refractivity contribution in [2.75, 3.05) is 0 Å². The van der Waals surface area contributed by atoms with Crippen LogP contribution in [0.4, 0.5) is 0 Å². The van der Waals surface area contributed by atoms with Crippen molar-refractivity contribution < 1.29 is 9.47 Å². The van der Waals surface area contributed by atoms with Gasteiger partial charge in [-0.2, -0.15) is 10.5 Å². The van der Waals surface area contributed by atoms with Gasteiger partial charge < -0.3 is 9.47 Å². The highest BCUT2D eigenvalue weighted by Crippen LogP contribution is 2.47. The predicted molar refractivity (Wildman–Crippen MR) is 77.4 cm³/mol. The van der Waals surface area contributed by atoms with Crippen molar-refractivity contribution in [1.29, 1.82) is 10.5 Å². The fraction of sp³-hybridized carbons (Fsp3) is 0.200. The number of nitriles is 2. The van der Waals surface area contributed by atoms with Crippen LogP contribution in [0.15, 0.2) is 41.8 Å². The van der Waals surface area contributed by atoms with Gasteiger partial charge in [0.1, 0.15) is 12.1 Å². The Morgan fingerprint density at radius 3 is 2.43 bits per heavy atom. The molecule has 2 atom stereocenters. The molecule has 0 N–H and O–H groups in total. The molecule has 0 bridgehead atoms. The van der Waals surface area contributed by atoms with E-state index >= 15 is 0 Å². The Balaban J connectivity index is 1.97. The lowest BCUT2D eigenvalue weighted by Gasteiger charge is -2.15. The molecule has 0 spiro atoms. The van der Waals surface area contributed by atoms with Gasteiger partial charge in [0.2, 0.25) is 0 Å². The lowest BCUT2D eigenvalue weighted by atomic mass is 9.99. The highest BCUT2D eigenvalue weighted by Gasteiger charge is 2.53. The van der Waals surface area contributed by atoms with Crippen LogP contribution in [-0.4, -0.2) is 5.60 Å². The zero-order valence-corrected chi connectivity index (χ0v) is 12.3. The van der Waals surface area contributed by atoms with Gasteiger partial charge in [-0.05, 0) is 23.6 Å². The van der Waals surface area contributed by atoms with Gasteiger partial charge in [0, 0.05) is 15.5 Å². The summed E-state index contributed by atoms with van der Waals surface area (Å²) in [6.45, 7) is 0. The minimum Gasteiger partial charge on any atom is -0.334 e. The number of rotatable bonds is 2. The second kappa shape index (κ2) is 5.48. The molecule has 2 aromatic rings. The maximum absolute atomic E-state index is 9.40. The highest BCUT2D eigenvalue weighted by molar-refractivity contribution is 7.10. The fourth-order valence-corrected chi connectivity index (χ4v) is 3.09. The summed E-state index contributed by atoms with van der Waals surface area (Å²) in [4.78, 5) is 0.787. The van der Waals surface area contributed by atoms with E-state index in [1.54, 1.807) is 24.3 Å². The molecule has 1 aliphatic rings. The second-order valence-electron chi connectivity index (χ2n) is 4.49. The van der Waals surface area contributed by atoms with Gasteiger partial charge in [0.25, 0.3) is 5.60 Å². The zero-order chi connectivity index (χ0) is 14.9. The van der Waals surface area contributed by atoms with E-state index in [4.69, 9.17) is 21.1 Å². The minimum absolute atomic E-state index is 0.596. The standard InChI is InChI=1S/C15H9ClN2O2S/c16-11-5-3-10(4-6-11)14-19-13(12-2-1-7-21-12)15(8-17,9-18)20-14/h1-7,13-14H/t13-,14-/m0/s1. The third-order valence-corrected chi connectivity index (χ3v) is 4.37. The summed E-state index contributed by atoms with van der Waals surface area (Å²) in [5, 5.41) is 21.3. The van der Waals surface area contributed by atoms with Crippen molar-refractivity contribution in [1.82, 2.24) is 0 Å². The van der Waals surface area contributed by atoms with Crippen LogP contribution in [0.3, 0.4) is 0 Å². The molecule has 104 valence electrons. The number of halogens is 1. The molecule has 21 heavy (non-hydrogen) atoms. The van der Waals surface area contributed by atoms with Crippen molar-refractivity contribution >= 4 is 22.9 Å². The molecule has 3 rings (SSSR count). The predicted octanol–water partition coefficient (Wildman–Crippen LogP) is 3.97. The number of hydrogen-bond donors (Lipinski definition) is 0.